The van der Waals surface area contributed by atoms with Crippen molar-refractivity contribution in [3.63, 3.8) is 0 Å². The lowest BCUT2D eigenvalue weighted by Gasteiger charge is -2.02. The van der Waals surface area contributed by atoms with E-state index >= 15 is 0 Å². The predicted molar refractivity (Wildman–Crippen MR) is 73.1 cm³/mol. The van der Waals surface area contributed by atoms with E-state index in [1.54, 1.807) is 12.4 Å². The van der Waals surface area contributed by atoms with Gasteiger partial charge >= 0.3 is 0 Å². The van der Waals surface area contributed by atoms with Crippen LogP contribution in [0.5, 0.6) is 0 Å². The molecule has 2 N–H and O–H groups in total. The summed E-state index contributed by atoms with van der Waals surface area (Å²) >= 11 is 0. The number of pyridine rings is 1. The number of aromatic nitrogens is 3. The second kappa shape index (κ2) is 3.84. The predicted octanol–water partition coefficient (Wildman–Crippen LogP) is 2.53. The number of benzene rings is 1. The molecule has 0 aliphatic heterocycles. The first-order valence-electron chi connectivity index (χ1n) is 5.79. The average Bonchev–Trinajstić information content (AvgIpc) is 2.66. The number of nitrogens with two attached hydrogens (primary N) is 1. The number of anilines is 1. The van der Waals surface area contributed by atoms with Gasteiger partial charge in [-0.25, -0.2) is 4.98 Å². The zero-order chi connectivity index (χ0) is 12.7. The number of rotatable bonds is 1. The van der Waals surface area contributed by atoms with Crippen molar-refractivity contribution in [2.75, 3.05) is 5.73 Å². The number of nitrogens with zero attached hydrogens (tertiary/aromatic N) is 3. The van der Waals surface area contributed by atoms with Crippen LogP contribution >= 0.6 is 0 Å². The van der Waals surface area contributed by atoms with Crippen LogP contribution in [0.15, 0.2) is 36.7 Å². The van der Waals surface area contributed by atoms with Gasteiger partial charge in [0.15, 0.2) is 0 Å². The van der Waals surface area contributed by atoms with Crippen molar-refractivity contribution in [3.8, 4) is 11.4 Å². The fourth-order valence-electron chi connectivity index (χ4n) is 2.15. The Balaban J connectivity index is 2.27. The molecule has 2 aromatic heterocycles. The Labute approximate surface area is 105 Å². The van der Waals surface area contributed by atoms with Gasteiger partial charge in [-0.05, 0) is 30.7 Å². The van der Waals surface area contributed by atoms with E-state index in [9.17, 15) is 0 Å². The molecule has 3 aromatic rings. The maximum atomic E-state index is 5.76. The fraction of sp³-hybridized carbons (Fsp3) is 0.143. The Morgan fingerprint density at radius 2 is 2.00 bits per heavy atom. The molecule has 0 fully saturated rings. The number of hydrogen-bond donors (Lipinski definition) is 1. The first-order chi connectivity index (χ1) is 8.65. The van der Waals surface area contributed by atoms with Gasteiger partial charge in [0.2, 0.25) is 0 Å². The van der Waals surface area contributed by atoms with Crippen LogP contribution < -0.4 is 5.73 Å². The maximum Gasteiger partial charge on any atom is 0.142 e. The van der Waals surface area contributed by atoms with Crippen LogP contribution in [0.25, 0.3) is 22.4 Å². The summed E-state index contributed by atoms with van der Waals surface area (Å²) in [7, 11) is 2.00. The van der Waals surface area contributed by atoms with Crippen LogP contribution in [0.3, 0.4) is 0 Å². The highest BCUT2D eigenvalue weighted by atomic mass is 15.1. The molecule has 4 heteroatoms. The topological polar surface area (TPSA) is 56.7 Å². The molecular formula is C14H14N4. The molecule has 0 unspecified atom stereocenters. The second-order valence-corrected chi connectivity index (χ2v) is 4.49. The lowest BCUT2D eigenvalue weighted by Crippen LogP contribution is -1.94. The minimum Gasteiger partial charge on any atom is -0.397 e. The van der Waals surface area contributed by atoms with Crippen LogP contribution in [-0.4, -0.2) is 14.5 Å². The highest BCUT2D eigenvalue weighted by molar-refractivity contribution is 5.81. The van der Waals surface area contributed by atoms with Gasteiger partial charge in [0.1, 0.15) is 5.82 Å². The van der Waals surface area contributed by atoms with E-state index < -0.39 is 0 Å². The van der Waals surface area contributed by atoms with Crippen LogP contribution in [0.1, 0.15) is 5.56 Å². The summed E-state index contributed by atoms with van der Waals surface area (Å²) in [5.74, 6) is 0.885. The molecule has 1 aromatic carbocycles. The van der Waals surface area contributed by atoms with Crippen molar-refractivity contribution in [2.24, 2.45) is 7.05 Å². The van der Waals surface area contributed by atoms with E-state index in [2.05, 4.69) is 39.7 Å². The number of imidazole rings is 1. The molecule has 0 radical (unpaired) electrons. The quantitative estimate of drug-likeness (QED) is 0.708. The fourth-order valence-corrected chi connectivity index (χ4v) is 2.15. The van der Waals surface area contributed by atoms with Crippen molar-refractivity contribution in [1.82, 2.24) is 14.5 Å². The first-order valence-corrected chi connectivity index (χ1v) is 5.79. The van der Waals surface area contributed by atoms with Crippen molar-refractivity contribution in [3.05, 3.63) is 42.2 Å². The Morgan fingerprint density at radius 3 is 2.78 bits per heavy atom. The SMILES string of the molecule is Cc1ccc2c(c1)nc(-c1cncc(N)c1)n2C. The molecule has 18 heavy (non-hydrogen) atoms. The van der Waals surface area contributed by atoms with Crippen LogP contribution in [0.2, 0.25) is 0 Å². The van der Waals surface area contributed by atoms with Crippen molar-refractivity contribution >= 4 is 16.7 Å². The van der Waals surface area contributed by atoms with Gasteiger partial charge in [0, 0.05) is 25.0 Å². The van der Waals surface area contributed by atoms with E-state index in [0.717, 1.165) is 22.4 Å². The summed E-state index contributed by atoms with van der Waals surface area (Å²) in [4.78, 5) is 8.76. The molecule has 90 valence electrons. The summed E-state index contributed by atoms with van der Waals surface area (Å²) in [5, 5.41) is 0. The minimum absolute atomic E-state index is 0.649. The van der Waals surface area contributed by atoms with Gasteiger partial charge in [-0.2, -0.15) is 0 Å². The lowest BCUT2D eigenvalue weighted by atomic mass is 10.2. The second-order valence-electron chi connectivity index (χ2n) is 4.49. The van der Waals surface area contributed by atoms with Gasteiger partial charge in [0.25, 0.3) is 0 Å². The van der Waals surface area contributed by atoms with E-state index in [4.69, 9.17) is 5.73 Å². The summed E-state index contributed by atoms with van der Waals surface area (Å²) < 4.78 is 2.06. The highest BCUT2D eigenvalue weighted by Crippen LogP contribution is 2.24. The molecule has 0 saturated heterocycles. The molecule has 0 spiro atoms. The zero-order valence-corrected chi connectivity index (χ0v) is 10.4. The molecular weight excluding hydrogens is 224 g/mol. The number of fused-ring (bicyclic) bond motifs is 1. The smallest absolute Gasteiger partial charge is 0.142 e. The Kier molecular flexibility index (Phi) is 2.30. The monoisotopic (exact) mass is 238 g/mol. The van der Waals surface area contributed by atoms with Gasteiger partial charge in [0.05, 0.1) is 16.7 Å². The lowest BCUT2D eigenvalue weighted by molar-refractivity contribution is 0.957. The van der Waals surface area contributed by atoms with Gasteiger partial charge in [-0.3, -0.25) is 4.98 Å². The van der Waals surface area contributed by atoms with Crippen molar-refractivity contribution in [1.29, 1.82) is 0 Å². The largest absolute Gasteiger partial charge is 0.397 e. The third-order valence-electron chi connectivity index (χ3n) is 3.05. The maximum absolute atomic E-state index is 5.76. The molecule has 0 aliphatic rings. The molecule has 0 amide bonds. The van der Waals surface area contributed by atoms with Crippen molar-refractivity contribution in [2.45, 2.75) is 6.92 Å². The number of hydrogen-bond acceptors (Lipinski definition) is 3. The van der Waals surface area contributed by atoms with E-state index in [1.165, 1.54) is 5.56 Å². The Morgan fingerprint density at radius 1 is 1.17 bits per heavy atom. The molecule has 0 saturated carbocycles. The summed E-state index contributed by atoms with van der Waals surface area (Å²) in [6, 6.07) is 8.14. The summed E-state index contributed by atoms with van der Waals surface area (Å²) in [6.07, 6.45) is 3.42. The first kappa shape index (κ1) is 10.8. The zero-order valence-electron chi connectivity index (χ0n) is 10.4. The Hall–Kier alpha value is -2.36. The molecule has 0 atom stereocenters. The highest BCUT2D eigenvalue weighted by Gasteiger charge is 2.10. The minimum atomic E-state index is 0.649. The van der Waals surface area contributed by atoms with Gasteiger partial charge in [-0.15, -0.1) is 0 Å². The summed E-state index contributed by atoms with van der Waals surface area (Å²) in [6.45, 7) is 2.07. The molecule has 4 nitrogen and oxygen atoms in total. The van der Waals surface area contributed by atoms with E-state index in [0.29, 0.717) is 5.69 Å². The normalized spacial score (nSPS) is 11.0. The third-order valence-corrected chi connectivity index (χ3v) is 3.05. The van der Waals surface area contributed by atoms with Crippen LogP contribution in [-0.2, 0) is 7.05 Å². The average molecular weight is 238 g/mol. The number of nitrogen functional groups attached to an aromatic ring is 1. The van der Waals surface area contributed by atoms with Crippen LogP contribution in [0, 0.1) is 6.92 Å². The standard InChI is InChI=1S/C14H14N4/c1-9-3-4-13-12(5-9)17-14(18(13)2)10-6-11(15)8-16-7-10/h3-8H,15H2,1-2H3. The van der Waals surface area contributed by atoms with Crippen molar-refractivity contribution < 1.29 is 0 Å². The molecule has 2 heterocycles. The molecule has 0 aliphatic carbocycles. The van der Waals surface area contributed by atoms with Crippen LogP contribution in [0.4, 0.5) is 5.69 Å². The van der Waals surface area contributed by atoms with E-state index in [-0.39, 0.29) is 0 Å². The molecule has 0 bridgehead atoms. The van der Waals surface area contributed by atoms with Gasteiger partial charge < -0.3 is 10.3 Å². The third kappa shape index (κ3) is 1.62. The van der Waals surface area contributed by atoms with Gasteiger partial charge in [-0.1, -0.05) is 6.07 Å². The Bertz CT molecular complexity index is 728. The van der Waals surface area contributed by atoms with E-state index in [1.807, 2.05) is 13.1 Å². The number of aryl methyl sites for hydroxylation is 2. The molecule has 3 rings (SSSR count). The summed E-state index contributed by atoms with van der Waals surface area (Å²) in [5.41, 5.74) is 10.7.